The Hall–Kier alpha value is -2.48. The molecular weight excluding hydrogens is 282 g/mol. The molecule has 0 atom stereocenters. The standard InChI is InChI=1S/C12H9N3O4S/c1-20(16,17)12-15-14-11(19-12)10-6-5-9(18-10)8-4-2-3-7-13-8/h2-7H,1H3. The molecule has 0 amide bonds. The van der Waals surface area contributed by atoms with Gasteiger partial charge in [0.2, 0.25) is 9.84 Å². The number of rotatable bonds is 3. The highest BCUT2D eigenvalue weighted by Gasteiger charge is 2.19. The van der Waals surface area contributed by atoms with Gasteiger partial charge in [-0.25, -0.2) is 8.42 Å². The van der Waals surface area contributed by atoms with Crippen LogP contribution >= 0.6 is 0 Å². The first-order valence-corrected chi connectivity index (χ1v) is 7.48. The van der Waals surface area contributed by atoms with Gasteiger partial charge >= 0.3 is 5.22 Å². The molecule has 0 saturated heterocycles. The Bertz CT molecular complexity index is 836. The molecule has 102 valence electrons. The van der Waals surface area contributed by atoms with Crippen LogP contribution in [-0.4, -0.2) is 29.9 Å². The molecule has 20 heavy (non-hydrogen) atoms. The predicted octanol–water partition coefficient (Wildman–Crippen LogP) is 1.80. The lowest BCUT2D eigenvalue weighted by molar-refractivity contribution is 0.430. The van der Waals surface area contributed by atoms with Gasteiger partial charge in [-0.05, 0) is 24.3 Å². The van der Waals surface area contributed by atoms with E-state index in [4.69, 9.17) is 8.83 Å². The largest absolute Gasteiger partial charge is 0.449 e. The van der Waals surface area contributed by atoms with Gasteiger partial charge in [-0.15, -0.1) is 5.10 Å². The zero-order chi connectivity index (χ0) is 14.2. The fraction of sp³-hybridized carbons (Fsp3) is 0.0833. The van der Waals surface area contributed by atoms with E-state index in [1.54, 1.807) is 30.5 Å². The normalized spacial score (nSPS) is 11.7. The molecule has 0 bridgehead atoms. The zero-order valence-electron chi connectivity index (χ0n) is 10.3. The fourth-order valence-corrected chi connectivity index (χ4v) is 1.98. The Morgan fingerprint density at radius 1 is 1.00 bits per heavy atom. The van der Waals surface area contributed by atoms with Crippen LogP contribution in [0.3, 0.4) is 0 Å². The van der Waals surface area contributed by atoms with E-state index in [1.165, 1.54) is 0 Å². The molecule has 0 N–H and O–H groups in total. The molecule has 3 rings (SSSR count). The molecule has 0 saturated carbocycles. The second kappa shape index (κ2) is 4.57. The topological polar surface area (TPSA) is 99.1 Å². The zero-order valence-corrected chi connectivity index (χ0v) is 11.2. The van der Waals surface area contributed by atoms with Gasteiger partial charge in [0, 0.05) is 12.5 Å². The van der Waals surface area contributed by atoms with Crippen LogP contribution in [0, 0.1) is 0 Å². The van der Waals surface area contributed by atoms with Gasteiger partial charge in [0.15, 0.2) is 11.5 Å². The molecular formula is C12H9N3O4S. The number of nitrogens with zero attached hydrogens (tertiary/aromatic N) is 3. The molecule has 0 aliphatic carbocycles. The van der Waals surface area contributed by atoms with Crippen LogP contribution in [0.2, 0.25) is 0 Å². The van der Waals surface area contributed by atoms with E-state index in [9.17, 15) is 8.42 Å². The van der Waals surface area contributed by atoms with Crippen molar-refractivity contribution in [3.05, 3.63) is 36.5 Å². The van der Waals surface area contributed by atoms with Crippen molar-refractivity contribution in [3.8, 4) is 23.1 Å². The first-order valence-electron chi connectivity index (χ1n) is 5.59. The molecule has 0 radical (unpaired) electrons. The Morgan fingerprint density at radius 2 is 1.80 bits per heavy atom. The quantitative estimate of drug-likeness (QED) is 0.725. The van der Waals surface area contributed by atoms with Gasteiger partial charge < -0.3 is 8.83 Å². The molecule has 7 nitrogen and oxygen atoms in total. The fourth-order valence-electron chi connectivity index (χ4n) is 1.56. The molecule has 8 heteroatoms. The van der Waals surface area contributed by atoms with E-state index in [0.717, 1.165) is 6.26 Å². The first kappa shape index (κ1) is 12.5. The van der Waals surface area contributed by atoms with Crippen molar-refractivity contribution >= 4 is 9.84 Å². The van der Waals surface area contributed by atoms with Gasteiger partial charge in [-0.1, -0.05) is 11.2 Å². The number of pyridine rings is 1. The highest BCUT2D eigenvalue weighted by molar-refractivity contribution is 7.90. The lowest BCUT2D eigenvalue weighted by Gasteiger charge is -1.93. The predicted molar refractivity (Wildman–Crippen MR) is 68.3 cm³/mol. The summed E-state index contributed by atoms with van der Waals surface area (Å²) in [7, 11) is -3.53. The number of sulfone groups is 1. The summed E-state index contributed by atoms with van der Waals surface area (Å²) in [6.07, 6.45) is 2.64. The third-order valence-electron chi connectivity index (χ3n) is 2.46. The Morgan fingerprint density at radius 3 is 2.45 bits per heavy atom. The molecule has 0 aliphatic heterocycles. The summed E-state index contributed by atoms with van der Waals surface area (Å²) in [4.78, 5) is 4.14. The van der Waals surface area contributed by atoms with E-state index >= 15 is 0 Å². The van der Waals surface area contributed by atoms with Gasteiger partial charge in [0.25, 0.3) is 5.89 Å². The molecule has 0 spiro atoms. The van der Waals surface area contributed by atoms with Crippen molar-refractivity contribution in [1.29, 1.82) is 0 Å². The van der Waals surface area contributed by atoms with E-state index < -0.39 is 15.1 Å². The van der Waals surface area contributed by atoms with Gasteiger partial charge in [-0.2, -0.15) is 0 Å². The van der Waals surface area contributed by atoms with Gasteiger partial charge in [-0.3, -0.25) is 4.98 Å². The van der Waals surface area contributed by atoms with E-state index in [0.29, 0.717) is 11.5 Å². The number of aromatic nitrogens is 3. The minimum Gasteiger partial charge on any atom is -0.449 e. The second-order valence-electron chi connectivity index (χ2n) is 4.02. The maximum atomic E-state index is 11.3. The Labute approximate surface area is 114 Å². The average Bonchev–Trinajstić information content (AvgIpc) is 3.08. The average molecular weight is 291 g/mol. The lowest BCUT2D eigenvalue weighted by Crippen LogP contribution is -1.96. The summed E-state index contributed by atoms with van der Waals surface area (Å²) >= 11 is 0. The Balaban J connectivity index is 1.97. The number of hydrogen-bond acceptors (Lipinski definition) is 7. The molecule has 0 unspecified atom stereocenters. The maximum absolute atomic E-state index is 11.3. The highest BCUT2D eigenvalue weighted by atomic mass is 32.2. The number of furan rings is 1. The maximum Gasteiger partial charge on any atom is 0.335 e. The smallest absolute Gasteiger partial charge is 0.335 e. The van der Waals surface area contributed by atoms with Crippen molar-refractivity contribution in [3.63, 3.8) is 0 Å². The second-order valence-corrected chi connectivity index (χ2v) is 5.92. The van der Waals surface area contributed by atoms with Gasteiger partial charge in [0.05, 0.1) is 0 Å². The van der Waals surface area contributed by atoms with Crippen LogP contribution in [0.5, 0.6) is 0 Å². The van der Waals surface area contributed by atoms with E-state index in [-0.39, 0.29) is 11.7 Å². The van der Waals surface area contributed by atoms with Crippen molar-refractivity contribution in [1.82, 2.24) is 15.2 Å². The number of hydrogen-bond donors (Lipinski definition) is 0. The minimum absolute atomic E-state index is 0.00704. The van der Waals surface area contributed by atoms with Crippen LogP contribution < -0.4 is 0 Å². The van der Waals surface area contributed by atoms with Crippen LogP contribution in [0.15, 0.2) is 50.6 Å². The van der Waals surface area contributed by atoms with Crippen LogP contribution in [0.4, 0.5) is 0 Å². The molecule has 0 fully saturated rings. The van der Waals surface area contributed by atoms with Crippen molar-refractivity contribution in [2.45, 2.75) is 5.22 Å². The van der Waals surface area contributed by atoms with Crippen molar-refractivity contribution in [2.24, 2.45) is 0 Å². The highest BCUT2D eigenvalue weighted by Crippen LogP contribution is 2.27. The van der Waals surface area contributed by atoms with Crippen LogP contribution in [0.25, 0.3) is 23.1 Å². The van der Waals surface area contributed by atoms with Crippen LogP contribution in [-0.2, 0) is 9.84 Å². The molecule has 0 aromatic carbocycles. The van der Waals surface area contributed by atoms with E-state index in [1.807, 2.05) is 6.07 Å². The van der Waals surface area contributed by atoms with Crippen molar-refractivity contribution in [2.75, 3.05) is 6.26 Å². The third kappa shape index (κ3) is 2.32. The first-order chi connectivity index (χ1) is 9.54. The van der Waals surface area contributed by atoms with Crippen molar-refractivity contribution < 1.29 is 17.3 Å². The van der Waals surface area contributed by atoms with E-state index in [2.05, 4.69) is 15.2 Å². The summed E-state index contributed by atoms with van der Waals surface area (Å²) in [5.41, 5.74) is 0.654. The molecule has 3 aromatic heterocycles. The summed E-state index contributed by atoms with van der Waals surface area (Å²) in [5.74, 6) is 0.820. The molecule has 0 aliphatic rings. The molecule has 3 heterocycles. The Kier molecular flexibility index (Phi) is 2.87. The minimum atomic E-state index is -3.53. The van der Waals surface area contributed by atoms with Gasteiger partial charge in [0.1, 0.15) is 5.69 Å². The summed E-state index contributed by atoms with van der Waals surface area (Å²) in [6, 6.07) is 8.73. The summed E-state index contributed by atoms with van der Waals surface area (Å²) < 4.78 is 33.1. The third-order valence-corrected chi connectivity index (χ3v) is 3.26. The van der Waals surface area contributed by atoms with Crippen LogP contribution in [0.1, 0.15) is 0 Å². The molecule has 3 aromatic rings. The summed E-state index contributed by atoms with van der Waals surface area (Å²) in [6.45, 7) is 0. The summed E-state index contributed by atoms with van der Waals surface area (Å²) in [5, 5.41) is 6.67. The SMILES string of the molecule is CS(=O)(=O)c1nnc(-c2ccc(-c3ccccn3)o2)o1. The lowest BCUT2D eigenvalue weighted by atomic mass is 10.3. The monoisotopic (exact) mass is 291 g/mol.